The molecule has 0 unspecified atom stereocenters. The first-order valence-electron chi connectivity index (χ1n) is 9.02. The van der Waals surface area contributed by atoms with Gasteiger partial charge in [0.2, 0.25) is 10.0 Å². The summed E-state index contributed by atoms with van der Waals surface area (Å²) in [5.41, 5.74) is 5.46. The molecule has 2 rings (SSSR count). The predicted octanol–water partition coefficient (Wildman–Crippen LogP) is 1.87. The molecule has 1 fully saturated rings. The summed E-state index contributed by atoms with van der Waals surface area (Å²) in [6, 6.07) is 6.16. The maximum atomic E-state index is 12.3. The number of thiocarbonyl (C=S) groups is 1. The molecule has 1 aromatic carbocycles. The molecule has 27 heavy (non-hydrogen) atoms. The van der Waals surface area contributed by atoms with Gasteiger partial charge < -0.3 is 5.32 Å². The van der Waals surface area contributed by atoms with Gasteiger partial charge in [0.1, 0.15) is 0 Å². The van der Waals surface area contributed by atoms with Crippen molar-refractivity contribution in [3.05, 3.63) is 29.8 Å². The Morgan fingerprint density at radius 1 is 1.19 bits per heavy atom. The normalized spacial score (nSPS) is 22.9. The molecule has 3 atom stereocenters. The Morgan fingerprint density at radius 2 is 1.89 bits per heavy atom. The van der Waals surface area contributed by atoms with Gasteiger partial charge >= 0.3 is 0 Å². The summed E-state index contributed by atoms with van der Waals surface area (Å²) in [7, 11) is -0.709. The van der Waals surface area contributed by atoms with E-state index in [1.54, 1.807) is 6.07 Å². The highest BCUT2D eigenvalue weighted by atomic mass is 32.2. The molecule has 0 heterocycles. The molecule has 1 amide bonds. The topological polar surface area (TPSA) is 90.5 Å². The van der Waals surface area contributed by atoms with Crippen LogP contribution < -0.4 is 16.2 Å². The van der Waals surface area contributed by atoms with E-state index in [4.69, 9.17) is 12.2 Å². The molecule has 1 saturated carbocycles. The summed E-state index contributed by atoms with van der Waals surface area (Å²) in [6.07, 6.45) is 3.43. The maximum Gasteiger partial charge on any atom is 0.269 e. The van der Waals surface area contributed by atoms with Crippen LogP contribution in [0.5, 0.6) is 0 Å². The lowest BCUT2D eigenvalue weighted by molar-refractivity contribution is 0.0943. The lowest BCUT2D eigenvalue weighted by Gasteiger charge is -2.35. The Labute approximate surface area is 166 Å². The van der Waals surface area contributed by atoms with Crippen LogP contribution in [-0.2, 0) is 10.0 Å². The number of hydrogen-bond acceptors (Lipinski definition) is 4. The standard InChI is InChI=1S/C18H28N4O3S2/c1-12-7-5-10-16(13(12)2)19-18(26)21-20-17(23)14-8-6-9-15(11-14)27(24,25)22(3)4/h6,8-9,11-13,16H,5,7,10H2,1-4H3,(H,20,23)(H2,19,21,26)/t12-,13+,16-/m0/s1. The summed E-state index contributed by atoms with van der Waals surface area (Å²) in [6.45, 7) is 4.45. The molecule has 7 nitrogen and oxygen atoms in total. The summed E-state index contributed by atoms with van der Waals surface area (Å²) < 4.78 is 25.5. The average Bonchev–Trinajstić information content (AvgIpc) is 2.63. The van der Waals surface area contributed by atoms with E-state index >= 15 is 0 Å². The average molecular weight is 413 g/mol. The monoisotopic (exact) mass is 412 g/mol. The van der Waals surface area contributed by atoms with Crippen molar-refractivity contribution in [2.24, 2.45) is 11.8 Å². The van der Waals surface area contributed by atoms with E-state index in [0.29, 0.717) is 16.9 Å². The quantitative estimate of drug-likeness (QED) is 0.517. The zero-order valence-electron chi connectivity index (χ0n) is 16.2. The predicted molar refractivity (Wildman–Crippen MR) is 110 cm³/mol. The van der Waals surface area contributed by atoms with E-state index in [1.807, 2.05) is 0 Å². The highest BCUT2D eigenvalue weighted by Gasteiger charge is 2.27. The number of amides is 1. The van der Waals surface area contributed by atoms with Crippen LogP contribution in [0.1, 0.15) is 43.5 Å². The van der Waals surface area contributed by atoms with Gasteiger partial charge in [-0.15, -0.1) is 0 Å². The maximum absolute atomic E-state index is 12.3. The van der Waals surface area contributed by atoms with E-state index in [0.717, 1.165) is 17.1 Å². The summed E-state index contributed by atoms with van der Waals surface area (Å²) in [4.78, 5) is 12.4. The lowest BCUT2D eigenvalue weighted by atomic mass is 9.78. The number of carbonyl (C=O) groups is 1. The molecule has 0 bridgehead atoms. The van der Waals surface area contributed by atoms with Crippen LogP contribution in [0.15, 0.2) is 29.2 Å². The van der Waals surface area contributed by atoms with Crippen LogP contribution >= 0.6 is 12.2 Å². The SMILES string of the molecule is C[C@H]1[C@@H](NC(=S)NNC(=O)c2cccc(S(=O)(=O)N(C)C)c2)CCC[C@@H]1C. The first-order chi connectivity index (χ1) is 12.6. The number of hydrazine groups is 1. The van der Waals surface area contributed by atoms with Crippen LogP contribution in [0.3, 0.4) is 0 Å². The highest BCUT2D eigenvalue weighted by Crippen LogP contribution is 2.29. The zero-order chi connectivity index (χ0) is 20.2. The molecule has 3 N–H and O–H groups in total. The van der Waals surface area contributed by atoms with Crippen molar-refractivity contribution < 1.29 is 13.2 Å². The fourth-order valence-electron chi connectivity index (χ4n) is 3.18. The lowest BCUT2D eigenvalue weighted by Crippen LogP contribution is -2.52. The molecule has 1 aliphatic carbocycles. The number of carbonyl (C=O) groups excluding carboxylic acids is 1. The minimum Gasteiger partial charge on any atom is -0.358 e. The minimum atomic E-state index is -3.60. The van der Waals surface area contributed by atoms with Crippen molar-refractivity contribution in [1.29, 1.82) is 0 Å². The Hall–Kier alpha value is -1.71. The second kappa shape index (κ2) is 8.99. The Morgan fingerprint density at radius 3 is 2.56 bits per heavy atom. The molecule has 150 valence electrons. The minimum absolute atomic E-state index is 0.0610. The van der Waals surface area contributed by atoms with Gasteiger partial charge in [0, 0.05) is 25.7 Å². The third-order valence-electron chi connectivity index (χ3n) is 5.19. The molecule has 0 radical (unpaired) electrons. The molecule has 0 aliphatic heterocycles. The van der Waals surface area contributed by atoms with Gasteiger partial charge in [-0.2, -0.15) is 0 Å². The van der Waals surface area contributed by atoms with Crippen molar-refractivity contribution in [2.45, 2.75) is 44.0 Å². The molecular weight excluding hydrogens is 384 g/mol. The van der Waals surface area contributed by atoms with Gasteiger partial charge in [-0.1, -0.05) is 32.8 Å². The molecule has 0 aromatic heterocycles. The van der Waals surface area contributed by atoms with Gasteiger partial charge in [0.05, 0.1) is 4.90 Å². The molecule has 1 aliphatic rings. The molecule has 9 heteroatoms. The first kappa shape index (κ1) is 21.6. The highest BCUT2D eigenvalue weighted by molar-refractivity contribution is 7.89. The van der Waals surface area contributed by atoms with E-state index in [-0.39, 0.29) is 16.5 Å². The number of nitrogens with zero attached hydrogens (tertiary/aromatic N) is 1. The van der Waals surface area contributed by atoms with Crippen LogP contribution in [0, 0.1) is 11.8 Å². The smallest absolute Gasteiger partial charge is 0.269 e. The van der Waals surface area contributed by atoms with E-state index in [1.165, 1.54) is 38.7 Å². The fourth-order valence-corrected chi connectivity index (χ4v) is 4.33. The zero-order valence-corrected chi connectivity index (χ0v) is 17.8. The Bertz CT molecular complexity index is 796. The molecular formula is C18H28N4O3S2. The largest absolute Gasteiger partial charge is 0.358 e. The van der Waals surface area contributed by atoms with Crippen LogP contribution in [0.25, 0.3) is 0 Å². The van der Waals surface area contributed by atoms with Gasteiger partial charge in [-0.25, -0.2) is 12.7 Å². The summed E-state index contributed by atoms with van der Waals surface area (Å²) in [5.74, 6) is 0.678. The Kier molecular flexibility index (Phi) is 7.19. The van der Waals surface area contributed by atoms with Crippen molar-refractivity contribution >= 4 is 33.3 Å². The van der Waals surface area contributed by atoms with Crippen molar-refractivity contribution in [1.82, 2.24) is 20.5 Å². The third-order valence-corrected chi connectivity index (χ3v) is 7.22. The molecule has 0 saturated heterocycles. The molecule has 1 aromatic rings. The van der Waals surface area contributed by atoms with Crippen molar-refractivity contribution in [3.8, 4) is 0 Å². The second-order valence-corrected chi connectivity index (χ2v) is 9.80. The summed E-state index contributed by atoms with van der Waals surface area (Å²) in [5, 5.41) is 3.61. The second-order valence-electron chi connectivity index (χ2n) is 7.24. The number of sulfonamides is 1. The first-order valence-corrected chi connectivity index (χ1v) is 10.9. The summed E-state index contributed by atoms with van der Waals surface area (Å²) >= 11 is 5.27. The number of nitrogens with one attached hydrogen (secondary N) is 3. The number of hydrogen-bond donors (Lipinski definition) is 3. The van der Waals surface area contributed by atoms with Crippen molar-refractivity contribution in [2.75, 3.05) is 14.1 Å². The third kappa shape index (κ3) is 5.40. The number of rotatable bonds is 4. The van der Waals surface area contributed by atoms with Crippen LogP contribution in [0.2, 0.25) is 0 Å². The fraction of sp³-hybridized carbons (Fsp3) is 0.556. The van der Waals surface area contributed by atoms with Gasteiger partial charge in [-0.05, 0) is 48.7 Å². The van der Waals surface area contributed by atoms with E-state index < -0.39 is 15.9 Å². The van der Waals surface area contributed by atoms with Crippen molar-refractivity contribution in [3.63, 3.8) is 0 Å². The molecule has 0 spiro atoms. The van der Waals surface area contributed by atoms with Crippen LogP contribution in [0.4, 0.5) is 0 Å². The Balaban J connectivity index is 1.95. The van der Waals surface area contributed by atoms with Gasteiger partial charge in [0.15, 0.2) is 5.11 Å². The van der Waals surface area contributed by atoms with Gasteiger partial charge in [0.25, 0.3) is 5.91 Å². The van der Waals surface area contributed by atoms with Crippen LogP contribution in [-0.4, -0.2) is 43.9 Å². The van der Waals surface area contributed by atoms with E-state index in [2.05, 4.69) is 30.0 Å². The van der Waals surface area contributed by atoms with E-state index in [9.17, 15) is 13.2 Å². The number of benzene rings is 1. The van der Waals surface area contributed by atoms with Gasteiger partial charge in [-0.3, -0.25) is 15.6 Å².